The Hall–Kier alpha value is -4.76. The number of nitrogens with zero attached hydrogens (tertiary/aromatic N) is 3. The number of rotatable bonds is 4. The van der Waals surface area contributed by atoms with Crippen molar-refractivity contribution in [1.29, 1.82) is 0 Å². The van der Waals surface area contributed by atoms with Crippen LogP contribution in [-0.4, -0.2) is 17.1 Å². The van der Waals surface area contributed by atoms with E-state index in [1.807, 2.05) is 30.3 Å². The summed E-state index contributed by atoms with van der Waals surface area (Å²) >= 11 is 1.04. The van der Waals surface area contributed by atoms with Gasteiger partial charge >= 0.3 is 5.63 Å². The van der Waals surface area contributed by atoms with Gasteiger partial charge in [0, 0.05) is 5.39 Å². The van der Waals surface area contributed by atoms with Gasteiger partial charge in [-0.05, 0) is 58.8 Å². The highest BCUT2D eigenvalue weighted by Crippen LogP contribution is 2.31. The number of carbonyl (C=O) groups is 1. The molecule has 0 saturated carbocycles. The number of amides is 1. The second-order valence-electron chi connectivity index (χ2n) is 8.17. The van der Waals surface area contributed by atoms with Gasteiger partial charge in [0.2, 0.25) is 5.13 Å². The maximum atomic E-state index is 13.8. The first-order valence-corrected chi connectivity index (χ1v) is 11.9. The Balaban J connectivity index is 1.50. The Kier molecular flexibility index (Phi) is 5.54. The van der Waals surface area contributed by atoms with E-state index >= 15 is 0 Å². The van der Waals surface area contributed by atoms with Crippen LogP contribution in [0.15, 0.2) is 99.2 Å². The molecule has 6 aromatic rings. The minimum absolute atomic E-state index is 0.126. The molecule has 6 rings (SSSR count). The number of aromatic nitrogens is 1. The van der Waals surface area contributed by atoms with Crippen molar-refractivity contribution in [2.75, 3.05) is 5.01 Å². The molecule has 0 aliphatic carbocycles. The number of fused-ring (bicyclic) bond motifs is 4. The van der Waals surface area contributed by atoms with E-state index in [9.17, 15) is 18.4 Å². The van der Waals surface area contributed by atoms with Crippen LogP contribution < -0.4 is 10.6 Å². The summed E-state index contributed by atoms with van der Waals surface area (Å²) in [4.78, 5) is 31.1. The van der Waals surface area contributed by atoms with E-state index < -0.39 is 23.2 Å². The third kappa shape index (κ3) is 4.25. The van der Waals surface area contributed by atoms with Crippen LogP contribution in [0.25, 0.3) is 32.0 Å². The molecule has 0 bridgehead atoms. The minimum Gasteiger partial charge on any atom is -0.422 e. The van der Waals surface area contributed by atoms with Gasteiger partial charge in [-0.3, -0.25) is 4.79 Å². The highest BCUT2D eigenvalue weighted by atomic mass is 32.1. The molecule has 6 nitrogen and oxygen atoms in total. The second kappa shape index (κ2) is 9.03. The van der Waals surface area contributed by atoms with E-state index in [4.69, 9.17) is 4.42 Å². The lowest BCUT2D eigenvalue weighted by Gasteiger charge is -2.13. The summed E-state index contributed by atoms with van der Waals surface area (Å²) in [5.74, 6) is -1.64. The number of hydrogen-bond donors (Lipinski definition) is 0. The summed E-state index contributed by atoms with van der Waals surface area (Å²) in [5, 5.41) is 7.70. The molecule has 0 atom stereocenters. The molecule has 0 aliphatic rings. The Morgan fingerprint density at radius 3 is 2.54 bits per heavy atom. The van der Waals surface area contributed by atoms with Crippen molar-refractivity contribution in [3.05, 3.63) is 118 Å². The van der Waals surface area contributed by atoms with Crippen LogP contribution in [-0.2, 0) is 0 Å². The van der Waals surface area contributed by atoms with Gasteiger partial charge in [-0.2, -0.15) is 10.1 Å². The first kappa shape index (κ1) is 22.7. The summed E-state index contributed by atoms with van der Waals surface area (Å²) in [5.41, 5.74) is 0.250. The number of thiazole rings is 1. The van der Waals surface area contributed by atoms with E-state index in [1.165, 1.54) is 54.7 Å². The van der Waals surface area contributed by atoms with Crippen molar-refractivity contribution in [3.63, 3.8) is 0 Å². The van der Waals surface area contributed by atoms with Gasteiger partial charge in [-0.15, -0.1) is 0 Å². The highest BCUT2D eigenvalue weighted by molar-refractivity contribution is 7.22. The topological polar surface area (TPSA) is 75.8 Å². The molecule has 0 N–H and O–H groups in total. The highest BCUT2D eigenvalue weighted by Gasteiger charge is 2.25. The summed E-state index contributed by atoms with van der Waals surface area (Å²) in [7, 11) is 0. The Morgan fingerprint density at radius 2 is 1.70 bits per heavy atom. The van der Waals surface area contributed by atoms with Gasteiger partial charge in [0.05, 0.1) is 16.4 Å². The average molecular weight is 512 g/mol. The molecule has 2 heterocycles. The molecule has 2 aromatic heterocycles. The SMILES string of the molecule is O=C(c1cc2c(ccc3ccccc32)oc1=O)N(/N=C/c1ccc(F)cc1)c1nc2ccc(F)cc2s1. The molecule has 0 spiro atoms. The second-order valence-corrected chi connectivity index (χ2v) is 9.18. The van der Waals surface area contributed by atoms with Crippen molar-refractivity contribution in [2.45, 2.75) is 0 Å². The minimum atomic E-state index is -0.832. The average Bonchev–Trinajstić information content (AvgIpc) is 3.32. The van der Waals surface area contributed by atoms with Gasteiger partial charge in [0.15, 0.2) is 0 Å². The summed E-state index contributed by atoms with van der Waals surface area (Å²) in [6, 6.07) is 22.1. The smallest absolute Gasteiger partial charge is 0.349 e. The summed E-state index contributed by atoms with van der Waals surface area (Å²) in [6.07, 6.45) is 1.35. The van der Waals surface area contributed by atoms with Gasteiger partial charge in [0.1, 0.15) is 22.8 Å². The number of halogens is 2. The Bertz CT molecular complexity index is 1910. The molecular weight excluding hydrogens is 496 g/mol. The van der Waals surface area contributed by atoms with Gasteiger partial charge < -0.3 is 4.42 Å². The first-order chi connectivity index (χ1) is 18.0. The van der Waals surface area contributed by atoms with Crippen molar-refractivity contribution >= 4 is 60.5 Å². The monoisotopic (exact) mass is 511 g/mol. The molecule has 4 aromatic carbocycles. The molecule has 0 aliphatic heterocycles. The van der Waals surface area contributed by atoms with E-state index in [0.29, 0.717) is 26.7 Å². The predicted molar refractivity (Wildman–Crippen MR) is 140 cm³/mol. The summed E-state index contributed by atoms with van der Waals surface area (Å²) in [6.45, 7) is 0. The summed E-state index contributed by atoms with van der Waals surface area (Å²) < 4.78 is 33.1. The maximum absolute atomic E-state index is 13.8. The molecular formula is C28H15F2N3O3S. The van der Waals surface area contributed by atoms with Crippen LogP contribution in [0.3, 0.4) is 0 Å². The van der Waals surface area contributed by atoms with Crippen LogP contribution in [0.5, 0.6) is 0 Å². The van der Waals surface area contributed by atoms with E-state index in [1.54, 1.807) is 6.07 Å². The van der Waals surface area contributed by atoms with Crippen molar-refractivity contribution in [3.8, 4) is 0 Å². The molecule has 0 saturated heterocycles. The zero-order chi connectivity index (χ0) is 25.5. The lowest BCUT2D eigenvalue weighted by Crippen LogP contribution is -2.30. The van der Waals surface area contributed by atoms with Gasteiger partial charge in [0.25, 0.3) is 5.91 Å². The van der Waals surface area contributed by atoms with E-state index in [-0.39, 0.29) is 10.7 Å². The standard InChI is InChI=1S/C28H15F2N3O3S/c29-18-8-5-16(6-9-18)15-31-33(28-32-23-11-10-19(30)13-25(23)37-28)26(34)22-14-21-20-4-2-1-3-17(20)7-12-24(21)36-27(22)35/h1-15H/b31-15+. The van der Waals surface area contributed by atoms with Crippen LogP contribution >= 0.6 is 11.3 Å². The molecule has 0 radical (unpaired) electrons. The van der Waals surface area contributed by atoms with Gasteiger partial charge in [-0.1, -0.05) is 53.8 Å². The van der Waals surface area contributed by atoms with Crippen molar-refractivity contribution in [1.82, 2.24) is 4.98 Å². The molecule has 37 heavy (non-hydrogen) atoms. The van der Waals surface area contributed by atoms with E-state index in [0.717, 1.165) is 27.1 Å². The third-order valence-electron chi connectivity index (χ3n) is 5.78. The largest absolute Gasteiger partial charge is 0.422 e. The van der Waals surface area contributed by atoms with Crippen molar-refractivity contribution in [2.24, 2.45) is 5.10 Å². The lowest BCUT2D eigenvalue weighted by atomic mass is 10.0. The quantitative estimate of drug-likeness (QED) is 0.117. The van der Waals surface area contributed by atoms with E-state index in [2.05, 4.69) is 10.1 Å². The number of carbonyl (C=O) groups excluding carboxylic acids is 1. The normalized spacial score (nSPS) is 11.6. The van der Waals surface area contributed by atoms with Crippen LogP contribution in [0, 0.1) is 11.6 Å². The van der Waals surface area contributed by atoms with Crippen LogP contribution in [0.2, 0.25) is 0 Å². The lowest BCUT2D eigenvalue weighted by molar-refractivity contribution is 0.0984. The number of hydrogen-bond acceptors (Lipinski definition) is 6. The molecule has 0 fully saturated rings. The fourth-order valence-electron chi connectivity index (χ4n) is 3.97. The van der Waals surface area contributed by atoms with Crippen LogP contribution in [0.4, 0.5) is 13.9 Å². The fraction of sp³-hybridized carbons (Fsp3) is 0. The Labute approximate surface area is 211 Å². The molecule has 1 amide bonds. The Morgan fingerprint density at radius 1 is 0.919 bits per heavy atom. The van der Waals surface area contributed by atoms with Crippen LogP contribution in [0.1, 0.15) is 15.9 Å². The predicted octanol–water partition coefficient (Wildman–Crippen LogP) is 6.52. The zero-order valence-corrected chi connectivity index (χ0v) is 19.7. The number of hydrazone groups is 1. The van der Waals surface area contributed by atoms with Gasteiger partial charge in [-0.25, -0.2) is 18.6 Å². The molecule has 9 heteroatoms. The maximum Gasteiger partial charge on any atom is 0.349 e. The third-order valence-corrected chi connectivity index (χ3v) is 6.77. The first-order valence-electron chi connectivity index (χ1n) is 11.1. The zero-order valence-electron chi connectivity index (χ0n) is 18.9. The molecule has 180 valence electrons. The van der Waals surface area contributed by atoms with Crippen molar-refractivity contribution < 1.29 is 18.0 Å². The molecule has 0 unspecified atom stereocenters. The number of benzene rings is 4. The number of anilines is 1. The fourth-order valence-corrected chi connectivity index (χ4v) is 4.92.